The highest BCUT2D eigenvalue weighted by Gasteiger charge is 2.13. The lowest BCUT2D eigenvalue weighted by Gasteiger charge is -2.10. The molecule has 1 aromatic carbocycles. The zero-order valence-electron chi connectivity index (χ0n) is 13.2. The third kappa shape index (κ3) is 3.76. The molecule has 2 rings (SSSR count). The number of hydrogen-bond acceptors (Lipinski definition) is 5. The summed E-state index contributed by atoms with van der Waals surface area (Å²) in [4.78, 5) is 17.1. The van der Waals surface area contributed by atoms with E-state index in [-0.39, 0.29) is 5.91 Å². The molecule has 2 aromatic rings. The van der Waals surface area contributed by atoms with Crippen molar-refractivity contribution in [3.63, 3.8) is 0 Å². The van der Waals surface area contributed by atoms with Crippen molar-refractivity contribution >= 4 is 17.2 Å². The number of nitrogens with one attached hydrogen (secondary N) is 1. The van der Waals surface area contributed by atoms with Gasteiger partial charge in [-0.25, -0.2) is 4.98 Å². The van der Waals surface area contributed by atoms with E-state index in [0.717, 1.165) is 22.7 Å². The van der Waals surface area contributed by atoms with E-state index in [1.165, 1.54) is 11.3 Å². The maximum Gasteiger partial charge on any atom is 0.263 e. The minimum Gasteiger partial charge on any atom is -0.493 e. The van der Waals surface area contributed by atoms with Gasteiger partial charge in [0.2, 0.25) is 0 Å². The van der Waals surface area contributed by atoms with Gasteiger partial charge in [-0.2, -0.15) is 0 Å². The van der Waals surface area contributed by atoms with E-state index in [9.17, 15) is 4.79 Å². The molecule has 1 N–H and O–H groups in total. The Balaban J connectivity index is 1.93. The van der Waals surface area contributed by atoms with Crippen LogP contribution in [0.4, 0.5) is 0 Å². The van der Waals surface area contributed by atoms with Gasteiger partial charge >= 0.3 is 0 Å². The topological polar surface area (TPSA) is 60.5 Å². The van der Waals surface area contributed by atoms with Crippen molar-refractivity contribution in [2.45, 2.75) is 20.3 Å². The van der Waals surface area contributed by atoms with Crippen LogP contribution >= 0.6 is 11.3 Å². The molecular weight excluding hydrogens is 300 g/mol. The first-order chi connectivity index (χ1) is 10.5. The van der Waals surface area contributed by atoms with Crippen molar-refractivity contribution < 1.29 is 14.3 Å². The second-order valence-electron chi connectivity index (χ2n) is 4.84. The fourth-order valence-electron chi connectivity index (χ4n) is 2.18. The maximum absolute atomic E-state index is 12.1. The molecule has 0 saturated heterocycles. The predicted octanol–water partition coefficient (Wildman–Crippen LogP) is 2.75. The largest absolute Gasteiger partial charge is 0.493 e. The summed E-state index contributed by atoms with van der Waals surface area (Å²) in [6, 6.07) is 5.76. The predicted molar refractivity (Wildman–Crippen MR) is 87.2 cm³/mol. The Morgan fingerprint density at radius 2 is 1.95 bits per heavy atom. The number of nitrogens with zero attached hydrogens (tertiary/aromatic N) is 1. The number of amides is 1. The summed E-state index contributed by atoms with van der Waals surface area (Å²) >= 11 is 1.42. The van der Waals surface area contributed by atoms with Crippen molar-refractivity contribution in [3.05, 3.63) is 39.3 Å². The summed E-state index contributed by atoms with van der Waals surface area (Å²) in [5.74, 6) is 1.33. The van der Waals surface area contributed by atoms with Crippen LogP contribution in [0.3, 0.4) is 0 Å². The number of methoxy groups -OCH3 is 2. The van der Waals surface area contributed by atoms with Gasteiger partial charge in [0.1, 0.15) is 4.88 Å². The molecule has 1 heterocycles. The molecule has 0 aliphatic heterocycles. The molecule has 0 fully saturated rings. The highest BCUT2D eigenvalue weighted by Crippen LogP contribution is 2.27. The van der Waals surface area contributed by atoms with Crippen molar-refractivity contribution in [1.82, 2.24) is 10.3 Å². The Hall–Kier alpha value is -2.08. The van der Waals surface area contributed by atoms with Gasteiger partial charge < -0.3 is 14.8 Å². The van der Waals surface area contributed by atoms with Crippen molar-refractivity contribution in [2.24, 2.45) is 0 Å². The minimum absolute atomic E-state index is 0.0661. The molecule has 0 bridgehead atoms. The number of carbonyl (C=O) groups is 1. The number of benzene rings is 1. The van der Waals surface area contributed by atoms with Crippen molar-refractivity contribution in [3.8, 4) is 11.5 Å². The fourth-order valence-corrected chi connectivity index (χ4v) is 3.01. The molecule has 1 amide bonds. The zero-order valence-corrected chi connectivity index (χ0v) is 14.0. The summed E-state index contributed by atoms with van der Waals surface area (Å²) in [6.07, 6.45) is 0.725. The molecule has 0 unspecified atom stereocenters. The smallest absolute Gasteiger partial charge is 0.263 e. The summed E-state index contributed by atoms with van der Waals surface area (Å²) < 4.78 is 10.5. The van der Waals surface area contributed by atoms with Gasteiger partial charge in [-0.15, -0.1) is 11.3 Å². The van der Waals surface area contributed by atoms with Crippen LogP contribution in [0, 0.1) is 13.8 Å². The number of rotatable bonds is 6. The van der Waals surface area contributed by atoms with E-state index in [4.69, 9.17) is 9.47 Å². The Kier molecular flexibility index (Phi) is 5.38. The van der Waals surface area contributed by atoms with Gasteiger partial charge in [0.05, 0.1) is 24.9 Å². The van der Waals surface area contributed by atoms with Gasteiger partial charge in [-0.3, -0.25) is 4.79 Å². The van der Waals surface area contributed by atoms with E-state index < -0.39 is 0 Å². The van der Waals surface area contributed by atoms with Crippen LogP contribution in [-0.2, 0) is 6.42 Å². The van der Waals surface area contributed by atoms with Crippen LogP contribution < -0.4 is 14.8 Å². The summed E-state index contributed by atoms with van der Waals surface area (Å²) in [7, 11) is 3.22. The van der Waals surface area contributed by atoms with Crippen LogP contribution in [-0.4, -0.2) is 31.7 Å². The SMILES string of the molecule is COc1ccc(CCNC(=O)c2sc(C)nc2C)cc1OC. The van der Waals surface area contributed by atoms with Gasteiger partial charge in [-0.05, 0) is 38.0 Å². The molecule has 6 heteroatoms. The average molecular weight is 320 g/mol. The van der Waals surface area contributed by atoms with Gasteiger partial charge in [0, 0.05) is 6.54 Å². The van der Waals surface area contributed by atoms with Crippen LogP contribution in [0.15, 0.2) is 18.2 Å². The van der Waals surface area contributed by atoms with Crippen LogP contribution in [0.5, 0.6) is 11.5 Å². The molecule has 22 heavy (non-hydrogen) atoms. The highest BCUT2D eigenvalue weighted by molar-refractivity contribution is 7.13. The molecule has 118 valence electrons. The number of hydrogen-bond donors (Lipinski definition) is 1. The van der Waals surface area contributed by atoms with Crippen LogP contribution in [0.1, 0.15) is 25.9 Å². The molecule has 0 radical (unpaired) electrons. The van der Waals surface area contributed by atoms with E-state index in [1.54, 1.807) is 14.2 Å². The van der Waals surface area contributed by atoms with E-state index in [0.29, 0.717) is 22.9 Å². The summed E-state index contributed by atoms with van der Waals surface area (Å²) in [6.45, 7) is 4.32. The third-order valence-electron chi connectivity index (χ3n) is 3.26. The first-order valence-electron chi connectivity index (χ1n) is 6.98. The Morgan fingerprint density at radius 1 is 1.23 bits per heavy atom. The number of aromatic nitrogens is 1. The van der Waals surface area contributed by atoms with Crippen LogP contribution in [0.2, 0.25) is 0 Å². The fraction of sp³-hybridized carbons (Fsp3) is 0.375. The first kappa shape index (κ1) is 16.3. The molecule has 5 nitrogen and oxygen atoms in total. The molecule has 1 aromatic heterocycles. The molecule has 0 atom stereocenters. The van der Waals surface area contributed by atoms with Gasteiger partial charge in [0.25, 0.3) is 5.91 Å². The normalized spacial score (nSPS) is 10.4. The van der Waals surface area contributed by atoms with Gasteiger partial charge in [-0.1, -0.05) is 6.07 Å². The molecule has 0 aliphatic carbocycles. The quantitative estimate of drug-likeness (QED) is 0.889. The average Bonchev–Trinajstić information content (AvgIpc) is 2.85. The third-order valence-corrected chi connectivity index (χ3v) is 4.33. The zero-order chi connectivity index (χ0) is 16.1. The number of ether oxygens (including phenoxy) is 2. The molecule has 0 spiro atoms. The lowest BCUT2D eigenvalue weighted by Crippen LogP contribution is -2.25. The van der Waals surface area contributed by atoms with E-state index in [2.05, 4.69) is 10.3 Å². The monoisotopic (exact) mass is 320 g/mol. The number of thiazole rings is 1. The van der Waals surface area contributed by atoms with E-state index >= 15 is 0 Å². The Bertz CT molecular complexity index is 667. The molecular formula is C16H20N2O3S. The number of aryl methyl sites for hydroxylation is 2. The Morgan fingerprint density at radius 3 is 2.55 bits per heavy atom. The molecule has 0 saturated carbocycles. The Labute approximate surface area is 134 Å². The first-order valence-corrected chi connectivity index (χ1v) is 7.80. The minimum atomic E-state index is -0.0661. The summed E-state index contributed by atoms with van der Waals surface area (Å²) in [5, 5.41) is 3.83. The summed E-state index contributed by atoms with van der Waals surface area (Å²) in [5.41, 5.74) is 1.86. The standard InChI is InChI=1S/C16H20N2O3S/c1-10-15(22-11(2)18-10)16(19)17-8-7-12-5-6-13(20-3)14(9-12)21-4/h5-6,9H,7-8H2,1-4H3,(H,17,19). The van der Waals surface area contributed by atoms with E-state index in [1.807, 2.05) is 32.0 Å². The molecule has 0 aliphatic rings. The second kappa shape index (κ2) is 7.26. The number of carbonyl (C=O) groups excluding carboxylic acids is 1. The van der Waals surface area contributed by atoms with Crippen molar-refractivity contribution in [2.75, 3.05) is 20.8 Å². The van der Waals surface area contributed by atoms with Gasteiger partial charge in [0.15, 0.2) is 11.5 Å². The van der Waals surface area contributed by atoms with Crippen molar-refractivity contribution in [1.29, 1.82) is 0 Å². The maximum atomic E-state index is 12.1. The van der Waals surface area contributed by atoms with Crippen LogP contribution in [0.25, 0.3) is 0 Å². The second-order valence-corrected chi connectivity index (χ2v) is 6.05. The highest BCUT2D eigenvalue weighted by atomic mass is 32.1. The lowest BCUT2D eigenvalue weighted by molar-refractivity contribution is 0.0957. The lowest BCUT2D eigenvalue weighted by atomic mass is 10.1.